The first-order valence-electron chi connectivity index (χ1n) is 11.6. The van der Waals surface area contributed by atoms with E-state index in [4.69, 9.17) is 0 Å². The maximum atomic E-state index is 14.5. The van der Waals surface area contributed by atoms with E-state index in [1.807, 2.05) is 18.2 Å². The van der Waals surface area contributed by atoms with Crippen molar-refractivity contribution < 1.29 is 14.1 Å². The van der Waals surface area contributed by atoms with E-state index < -0.39 is 10.7 Å². The summed E-state index contributed by atoms with van der Waals surface area (Å²) in [5, 5.41) is 15.6. The molecule has 4 aromatic rings. The fourth-order valence-corrected chi connectivity index (χ4v) is 4.36. The number of nitrogens with zero attached hydrogens (tertiary/aromatic N) is 5. The van der Waals surface area contributed by atoms with Crippen molar-refractivity contribution in [3.63, 3.8) is 0 Å². The van der Waals surface area contributed by atoms with Crippen LogP contribution in [0.2, 0.25) is 0 Å². The first-order chi connectivity index (χ1) is 17.5. The Balaban J connectivity index is 1.41. The van der Waals surface area contributed by atoms with Crippen LogP contribution in [0.25, 0.3) is 16.9 Å². The van der Waals surface area contributed by atoms with Crippen LogP contribution in [0.15, 0.2) is 84.9 Å². The molecule has 182 valence electrons. The number of carbonyl (C=O) groups is 1. The lowest BCUT2D eigenvalue weighted by Crippen LogP contribution is -2.48. The molecule has 5 rings (SSSR count). The van der Waals surface area contributed by atoms with Gasteiger partial charge in [0.25, 0.3) is 11.6 Å². The fourth-order valence-electron chi connectivity index (χ4n) is 4.36. The first kappa shape index (κ1) is 23.4. The molecule has 0 aliphatic carbocycles. The molecule has 0 bridgehead atoms. The number of piperazine rings is 1. The van der Waals surface area contributed by atoms with Crippen molar-refractivity contribution in [1.29, 1.82) is 0 Å². The Morgan fingerprint density at radius 1 is 0.917 bits per heavy atom. The van der Waals surface area contributed by atoms with Gasteiger partial charge in [-0.2, -0.15) is 5.10 Å². The molecule has 1 amide bonds. The van der Waals surface area contributed by atoms with Crippen LogP contribution in [0.4, 0.5) is 10.1 Å². The number of nitro benzene ring substituents is 1. The van der Waals surface area contributed by atoms with E-state index in [1.54, 1.807) is 29.2 Å². The number of halogens is 1. The average Bonchev–Trinajstić information content (AvgIpc) is 3.35. The highest BCUT2D eigenvalue weighted by Crippen LogP contribution is 2.26. The molecule has 8 nitrogen and oxygen atoms in total. The van der Waals surface area contributed by atoms with Crippen molar-refractivity contribution in [3.8, 4) is 16.9 Å². The Labute approximate surface area is 207 Å². The summed E-state index contributed by atoms with van der Waals surface area (Å²) in [7, 11) is 0. The first-order valence-corrected chi connectivity index (χ1v) is 11.6. The second-order valence-corrected chi connectivity index (χ2v) is 8.63. The smallest absolute Gasteiger partial charge is 0.272 e. The molecule has 1 aliphatic heterocycles. The van der Waals surface area contributed by atoms with E-state index in [0.717, 1.165) is 19.6 Å². The number of nitro groups is 1. The Kier molecular flexibility index (Phi) is 6.55. The summed E-state index contributed by atoms with van der Waals surface area (Å²) in [4.78, 5) is 28.3. The highest BCUT2D eigenvalue weighted by molar-refractivity contribution is 5.94. The second-order valence-electron chi connectivity index (χ2n) is 8.63. The van der Waals surface area contributed by atoms with Crippen molar-refractivity contribution in [1.82, 2.24) is 19.6 Å². The Morgan fingerprint density at radius 3 is 2.25 bits per heavy atom. The van der Waals surface area contributed by atoms with Crippen LogP contribution >= 0.6 is 0 Å². The molecule has 3 aromatic carbocycles. The van der Waals surface area contributed by atoms with E-state index in [0.29, 0.717) is 24.5 Å². The molecule has 9 heteroatoms. The molecular weight excluding hydrogens is 461 g/mol. The Morgan fingerprint density at radius 2 is 1.58 bits per heavy atom. The fraction of sp³-hybridized carbons (Fsp3) is 0.185. The van der Waals surface area contributed by atoms with Gasteiger partial charge in [0.05, 0.1) is 16.3 Å². The van der Waals surface area contributed by atoms with Gasteiger partial charge >= 0.3 is 0 Å². The minimum atomic E-state index is -0.487. The zero-order chi connectivity index (χ0) is 25.1. The standard InChI is InChI=1S/C27H24FN5O3/c28-24-9-5-4-8-23(24)25-18-26(32(29-25)21-10-12-22(13-11-21)33(35)36)27(34)31-16-14-30(15-17-31)19-20-6-2-1-3-7-20/h1-13,18H,14-17,19H2. The van der Waals surface area contributed by atoms with Gasteiger partial charge in [-0.1, -0.05) is 42.5 Å². The second kappa shape index (κ2) is 10.1. The zero-order valence-electron chi connectivity index (χ0n) is 19.5. The quantitative estimate of drug-likeness (QED) is 0.296. The minimum Gasteiger partial charge on any atom is -0.335 e. The minimum absolute atomic E-state index is 0.0670. The van der Waals surface area contributed by atoms with Crippen molar-refractivity contribution in [2.75, 3.05) is 26.2 Å². The summed E-state index contributed by atoms with van der Waals surface area (Å²) in [5.41, 5.74) is 2.51. The average molecular weight is 486 g/mol. The molecule has 0 N–H and O–H groups in total. The van der Waals surface area contributed by atoms with Gasteiger partial charge in [0.15, 0.2) is 0 Å². The Bertz CT molecular complexity index is 1380. The van der Waals surface area contributed by atoms with Gasteiger partial charge in [-0.15, -0.1) is 0 Å². The van der Waals surface area contributed by atoms with Gasteiger partial charge in [0.2, 0.25) is 0 Å². The summed E-state index contributed by atoms with van der Waals surface area (Å²) in [6.45, 7) is 3.37. The van der Waals surface area contributed by atoms with Crippen molar-refractivity contribution in [2.45, 2.75) is 6.54 Å². The maximum Gasteiger partial charge on any atom is 0.272 e. The topological polar surface area (TPSA) is 84.5 Å². The molecule has 1 saturated heterocycles. The predicted octanol–water partition coefficient (Wildman–Crippen LogP) is 4.54. The van der Waals surface area contributed by atoms with Gasteiger partial charge < -0.3 is 4.90 Å². The molecule has 1 fully saturated rings. The van der Waals surface area contributed by atoms with Crippen LogP contribution in [0.3, 0.4) is 0 Å². The lowest BCUT2D eigenvalue weighted by atomic mass is 10.1. The largest absolute Gasteiger partial charge is 0.335 e. The molecule has 0 atom stereocenters. The number of benzene rings is 3. The number of rotatable bonds is 6. The number of carbonyl (C=O) groups excluding carboxylic acids is 1. The molecule has 2 heterocycles. The summed E-state index contributed by atoms with van der Waals surface area (Å²) >= 11 is 0. The lowest BCUT2D eigenvalue weighted by molar-refractivity contribution is -0.384. The third kappa shape index (κ3) is 4.87. The molecule has 0 saturated carbocycles. The molecule has 0 unspecified atom stereocenters. The summed E-state index contributed by atoms with van der Waals surface area (Å²) < 4.78 is 15.9. The van der Waals surface area contributed by atoms with Crippen LogP contribution in [0.5, 0.6) is 0 Å². The van der Waals surface area contributed by atoms with Crippen LogP contribution in [-0.2, 0) is 6.54 Å². The maximum absolute atomic E-state index is 14.5. The van der Waals surface area contributed by atoms with Crippen LogP contribution in [0, 0.1) is 15.9 Å². The van der Waals surface area contributed by atoms with Crippen molar-refractivity contribution in [3.05, 3.63) is 112 Å². The molecule has 0 spiro atoms. The monoisotopic (exact) mass is 485 g/mol. The molecule has 0 radical (unpaired) electrons. The number of hydrogen-bond donors (Lipinski definition) is 0. The van der Waals surface area contributed by atoms with E-state index in [1.165, 1.54) is 40.6 Å². The van der Waals surface area contributed by atoms with Crippen molar-refractivity contribution in [2.24, 2.45) is 0 Å². The third-order valence-corrected chi connectivity index (χ3v) is 6.29. The van der Waals surface area contributed by atoms with Gasteiger partial charge in [0, 0.05) is 50.4 Å². The third-order valence-electron chi connectivity index (χ3n) is 6.29. The zero-order valence-corrected chi connectivity index (χ0v) is 19.5. The number of hydrogen-bond acceptors (Lipinski definition) is 5. The summed E-state index contributed by atoms with van der Waals surface area (Å²) in [5.74, 6) is -0.665. The van der Waals surface area contributed by atoms with E-state index in [9.17, 15) is 19.3 Å². The lowest BCUT2D eigenvalue weighted by Gasteiger charge is -2.34. The predicted molar refractivity (Wildman–Crippen MR) is 133 cm³/mol. The van der Waals surface area contributed by atoms with Gasteiger partial charge in [0.1, 0.15) is 11.5 Å². The van der Waals surface area contributed by atoms with Gasteiger partial charge in [-0.05, 0) is 35.9 Å². The normalized spacial score (nSPS) is 14.1. The van der Waals surface area contributed by atoms with E-state index >= 15 is 0 Å². The summed E-state index contributed by atoms with van der Waals surface area (Å²) in [6, 6.07) is 23.8. The molecular formula is C27H24FN5O3. The number of aromatic nitrogens is 2. The highest BCUT2D eigenvalue weighted by Gasteiger charge is 2.27. The van der Waals surface area contributed by atoms with Gasteiger partial charge in [-0.3, -0.25) is 19.8 Å². The molecule has 1 aliphatic rings. The van der Waals surface area contributed by atoms with Crippen LogP contribution < -0.4 is 0 Å². The summed E-state index contributed by atoms with van der Waals surface area (Å²) in [6.07, 6.45) is 0. The van der Waals surface area contributed by atoms with E-state index in [2.05, 4.69) is 22.1 Å². The molecule has 1 aromatic heterocycles. The van der Waals surface area contributed by atoms with Crippen LogP contribution in [-0.4, -0.2) is 56.6 Å². The van der Waals surface area contributed by atoms with E-state index in [-0.39, 0.29) is 22.9 Å². The van der Waals surface area contributed by atoms with Crippen LogP contribution in [0.1, 0.15) is 16.1 Å². The molecule has 36 heavy (non-hydrogen) atoms. The van der Waals surface area contributed by atoms with Crippen molar-refractivity contribution >= 4 is 11.6 Å². The SMILES string of the molecule is O=C(c1cc(-c2ccccc2F)nn1-c1ccc([N+](=O)[O-])cc1)N1CCN(Cc2ccccc2)CC1. The Hall–Kier alpha value is -4.37. The highest BCUT2D eigenvalue weighted by atomic mass is 19.1. The number of non-ortho nitro benzene ring substituents is 1. The number of amides is 1. The van der Waals surface area contributed by atoms with Gasteiger partial charge in [-0.25, -0.2) is 9.07 Å².